The quantitative estimate of drug-likeness (QED) is 0.425. The maximum absolute atomic E-state index is 13.2. The second-order valence-corrected chi connectivity index (χ2v) is 8.42. The van der Waals surface area contributed by atoms with Crippen molar-refractivity contribution in [3.8, 4) is 28.3 Å². The summed E-state index contributed by atoms with van der Waals surface area (Å²) in [4.78, 5) is 41.5. The van der Waals surface area contributed by atoms with Crippen LogP contribution in [0.25, 0.3) is 33.6 Å². The summed E-state index contributed by atoms with van der Waals surface area (Å²) in [5.74, 6) is -0.122. The van der Waals surface area contributed by atoms with E-state index in [0.29, 0.717) is 33.1 Å². The van der Waals surface area contributed by atoms with Crippen molar-refractivity contribution in [2.75, 3.05) is 12.4 Å². The predicted molar refractivity (Wildman–Crippen MR) is 124 cm³/mol. The lowest BCUT2D eigenvalue weighted by atomic mass is 10.1. The van der Waals surface area contributed by atoms with E-state index in [9.17, 15) is 14.4 Å². The van der Waals surface area contributed by atoms with Gasteiger partial charge in [-0.2, -0.15) is 0 Å². The minimum atomic E-state index is -0.407. The number of benzene rings is 2. The smallest absolute Gasteiger partial charge is 0.235 e. The number of carbonyl (C=O) groups is 2. The van der Waals surface area contributed by atoms with Gasteiger partial charge in [0.15, 0.2) is 10.9 Å². The fraction of sp³-hybridized carbons (Fsp3) is 0.167. The highest BCUT2D eigenvalue weighted by Gasteiger charge is 2.19. The van der Waals surface area contributed by atoms with Gasteiger partial charge in [-0.25, -0.2) is 4.98 Å². The van der Waals surface area contributed by atoms with Gasteiger partial charge in [-0.3, -0.25) is 14.4 Å². The minimum Gasteiger partial charge on any atom is -0.490 e. The largest absolute Gasteiger partial charge is 0.490 e. The summed E-state index contributed by atoms with van der Waals surface area (Å²) in [6.45, 7) is 3.23. The van der Waals surface area contributed by atoms with E-state index < -0.39 is 5.91 Å². The lowest BCUT2D eigenvalue weighted by Gasteiger charge is -2.09. The number of aryl methyl sites for hydroxylation is 1. The van der Waals surface area contributed by atoms with E-state index in [1.807, 2.05) is 43.3 Å². The summed E-state index contributed by atoms with van der Waals surface area (Å²) in [6.07, 6.45) is -0.200. The number of fused-ring (bicyclic) bond motifs is 1. The van der Waals surface area contributed by atoms with E-state index in [-0.39, 0.29) is 23.4 Å². The molecular formula is C24H20N2O5S. The van der Waals surface area contributed by atoms with E-state index in [2.05, 4.69) is 10.3 Å². The zero-order chi connectivity index (χ0) is 22.8. The zero-order valence-corrected chi connectivity index (χ0v) is 18.5. The summed E-state index contributed by atoms with van der Waals surface area (Å²) in [6, 6.07) is 14.6. The number of Topliss-reactive ketones (excluding diaryl/α,β-unsaturated/α-hetero) is 1. The molecule has 0 bridgehead atoms. The van der Waals surface area contributed by atoms with Gasteiger partial charge in [0.05, 0.1) is 24.6 Å². The SMILES string of the molecule is COc1c(-c2ccccc2)oc2ccc(-c3nc(NC(=O)CC(C)=O)sc3C)cc2c1=O. The number of ketones is 1. The first kappa shape index (κ1) is 21.5. The molecule has 2 aromatic heterocycles. The van der Waals surface area contributed by atoms with Crippen molar-refractivity contribution in [1.29, 1.82) is 0 Å². The highest BCUT2D eigenvalue weighted by molar-refractivity contribution is 7.16. The number of ether oxygens (including phenoxy) is 1. The molecular weight excluding hydrogens is 428 g/mol. The van der Waals surface area contributed by atoms with Gasteiger partial charge in [0.25, 0.3) is 0 Å². The summed E-state index contributed by atoms with van der Waals surface area (Å²) in [5, 5.41) is 3.41. The average molecular weight is 449 g/mol. The number of rotatable bonds is 6. The van der Waals surface area contributed by atoms with Gasteiger partial charge in [-0.15, -0.1) is 11.3 Å². The highest BCUT2D eigenvalue weighted by atomic mass is 32.1. The van der Waals surface area contributed by atoms with Crippen molar-refractivity contribution in [3.05, 3.63) is 63.6 Å². The van der Waals surface area contributed by atoms with Gasteiger partial charge < -0.3 is 14.5 Å². The van der Waals surface area contributed by atoms with E-state index >= 15 is 0 Å². The van der Waals surface area contributed by atoms with E-state index in [4.69, 9.17) is 9.15 Å². The van der Waals surface area contributed by atoms with Crippen LogP contribution in [0.3, 0.4) is 0 Å². The first-order chi connectivity index (χ1) is 15.4. The number of aromatic nitrogens is 1. The lowest BCUT2D eigenvalue weighted by Crippen LogP contribution is -2.14. The third kappa shape index (κ3) is 4.17. The number of nitrogens with zero attached hydrogens (tertiary/aromatic N) is 1. The van der Waals surface area contributed by atoms with Crippen molar-refractivity contribution in [1.82, 2.24) is 4.98 Å². The molecule has 32 heavy (non-hydrogen) atoms. The molecule has 0 unspecified atom stereocenters. The monoisotopic (exact) mass is 448 g/mol. The predicted octanol–water partition coefficient (Wildman–Crippen LogP) is 4.82. The zero-order valence-electron chi connectivity index (χ0n) is 17.7. The fourth-order valence-electron chi connectivity index (χ4n) is 3.40. The van der Waals surface area contributed by atoms with Crippen molar-refractivity contribution in [2.24, 2.45) is 0 Å². The topological polar surface area (TPSA) is 98.5 Å². The number of methoxy groups -OCH3 is 1. The van der Waals surface area contributed by atoms with Gasteiger partial charge in [-0.05, 0) is 32.0 Å². The van der Waals surface area contributed by atoms with Crippen molar-refractivity contribution in [2.45, 2.75) is 20.3 Å². The standard InChI is InChI=1S/C24H20N2O5S/c1-13(27)11-19(28)25-24-26-20(14(2)32-24)16-9-10-18-17(12-16)21(29)23(30-3)22(31-18)15-7-5-4-6-8-15/h4-10,12H,11H2,1-3H3,(H,25,26,28). The Hall–Kier alpha value is -3.78. The number of amides is 1. The number of hydrogen-bond donors (Lipinski definition) is 1. The maximum Gasteiger partial charge on any atom is 0.235 e. The Balaban J connectivity index is 1.76. The van der Waals surface area contributed by atoms with Crippen molar-refractivity contribution >= 4 is 39.1 Å². The molecule has 0 aliphatic rings. The Kier molecular flexibility index (Phi) is 5.87. The third-order valence-corrected chi connectivity index (χ3v) is 5.70. The Morgan fingerprint density at radius 1 is 1.12 bits per heavy atom. The molecule has 162 valence electrons. The van der Waals surface area contributed by atoms with E-state index in [0.717, 1.165) is 10.4 Å². The molecule has 0 saturated carbocycles. The van der Waals surface area contributed by atoms with Crippen molar-refractivity contribution in [3.63, 3.8) is 0 Å². The van der Waals surface area contributed by atoms with Gasteiger partial charge in [-0.1, -0.05) is 30.3 Å². The van der Waals surface area contributed by atoms with Crippen LogP contribution in [0.2, 0.25) is 0 Å². The van der Waals surface area contributed by atoms with Crippen LogP contribution in [0.4, 0.5) is 5.13 Å². The highest BCUT2D eigenvalue weighted by Crippen LogP contribution is 2.34. The van der Waals surface area contributed by atoms with Crippen LogP contribution in [0.5, 0.6) is 5.75 Å². The molecule has 7 nitrogen and oxygen atoms in total. The Morgan fingerprint density at radius 2 is 1.88 bits per heavy atom. The first-order valence-corrected chi connectivity index (χ1v) is 10.7. The molecule has 0 saturated heterocycles. The Morgan fingerprint density at radius 3 is 2.56 bits per heavy atom. The Bertz CT molecular complexity index is 1390. The number of carbonyl (C=O) groups excluding carboxylic acids is 2. The number of thiazole rings is 1. The number of nitrogens with one attached hydrogen (secondary N) is 1. The molecule has 0 atom stereocenters. The van der Waals surface area contributed by atoms with Gasteiger partial charge in [0.1, 0.15) is 11.4 Å². The molecule has 0 aliphatic heterocycles. The van der Waals surface area contributed by atoms with Crippen LogP contribution in [-0.4, -0.2) is 23.8 Å². The molecule has 0 radical (unpaired) electrons. The van der Waals surface area contributed by atoms with Crippen LogP contribution in [0, 0.1) is 6.92 Å². The molecule has 0 spiro atoms. The summed E-state index contributed by atoms with van der Waals surface area (Å²) >= 11 is 1.30. The molecule has 4 rings (SSSR count). The minimum absolute atomic E-state index is 0.132. The average Bonchev–Trinajstić information content (AvgIpc) is 3.13. The van der Waals surface area contributed by atoms with Crippen LogP contribution < -0.4 is 15.5 Å². The van der Waals surface area contributed by atoms with E-state index in [1.165, 1.54) is 25.4 Å². The van der Waals surface area contributed by atoms with Gasteiger partial charge in [0.2, 0.25) is 17.1 Å². The second kappa shape index (κ2) is 8.76. The molecule has 8 heteroatoms. The molecule has 0 aliphatic carbocycles. The Labute approximate surface area is 187 Å². The van der Waals surface area contributed by atoms with Crippen LogP contribution in [0.15, 0.2) is 57.7 Å². The normalized spacial score (nSPS) is 10.8. The van der Waals surface area contributed by atoms with Crippen LogP contribution >= 0.6 is 11.3 Å². The summed E-state index contributed by atoms with van der Waals surface area (Å²) in [7, 11) is 1.44. The maximum atomic E-state index is 13.2. The summed E-state index contributed by atoms with van der Waals surface area (Å²) < 4.78 is 11.4. The molecule has 0 fully saturated rings. The van der Waals surface area contributed by atoms with Gasteiger partial charge in [0, 0.05) is 16.0 Å². The molecule has 2 aromatic carbocycles. The van der Waals surface area contributed by atoms with Crippen LogP contribution in [-0.2, 0) is 9.59 Å². The number of anilines is 1. The third-order valence-electron chi connectivity index (χ3n) is 4.81. The first-order valence-electron chi connectivity index (χ1n) is 9.84. The van der Waals surface area contributed by atoms with Crippen LogP contribution in [0.1, 0.15) is 18.2 Å². The fourth-order valence-corrected chi connectivity index (χ4v) is 4.25. The van der Waals surface area contributed by atoms with Gasteiger partial charge >= 0.3 is 0 Å². The lowest BCUT2D eigenvalue weighted by molar-refractivity contribution is -0.124. The van der Waals surface area contributed by atoms with Crippen molar-refractivity contribution < 1.29 is 18.7 Å². The van der Waals surface area contributed by atoms with E-state index in [1.54, 1.807) is 12.1 Å². The molecule has 4 aromatic rings. The molecule has 1 N–H and O–H groups in total. The second-order valence-electron chi connectivity index (χ2n) is 7.22. The summed E-state index contributed by atoms with van der Waals surface area (Å²) in [5.41, 5.74) is 2.24. The number of hydrogen-bond acceptors (Lipinski definition) is 7. The molecule has 1 amide bonds. The molecule has 2 heterocycles.